The summed E-state index contributed by atoms with van der Waals surface area (Å²) in [4.78, 5) is 1.43. The molecule has 0 fully saturated rings. The third kappa shape index (κ3) is 1.95. The van der Waals surface area contributed by atoms with Gasteiger partial charge in [0.1, 0.15) is 0 Å². The Morgan fingerprint density at radius 1 is 0.727 bits per heavy atom. The van der Waals surface area contributed by atoms with Crippen LogP contribution in [-0.2, 0) is 0 Å². The van der Waals surface area contributed by atoms with E-state index in [1.54, 1.807) is 5.57 Å². The Morgan fingerprint density at radius 3 is 2.58 bits per heavy atom. The summed E-state index contributed by atoms with van der Waals surface area (Å²) in [5.74, 6) is 0. The summed E-state index contributed by atoms with van der Waals surface area (Å²) >= 11 is 3.95. The van der Waals surface area contributed by atoms with Crippen LogP contribution in [0, 0.1) is 0 Å². The van der Waals surface area contributed by atoms with E-state index >= 15 is 0 Å². The summed E-state index contributed by atoms with van der Waals surface area (Å²) in [6.07, 6.45) is 3.59. The van der Waals surface area contributed by atoms with E-state index in [0.29, 0.717) is 5.25 Å². The van der Waals surface area contributed by atoms with Crippen LogP contribution < -0.4 is 10.6 Å². The molecule has 0 spiro atoms. The van der Waals surface area contributed by atoms with Crippen LogP contribution in [0.2, 0.25) is 0 Å². The van der Waals surface area contributed by atoms with Crippen molar-refractivity contribution in [2.45, 2.75) is 16.6 Å². The molecule has 1 nitrogen and oxygen atoms in total. The van der Waals surface area contributed by atoms with Gasteiger partial charge in [0.2, 0.25) is 0 Å². The van der Waals surface area contributed by atoms with Crippen molar-refractivity contribution in [2.75, 3.05) is 0 Å². The van der Waals surface area contributed by atoms with Crippen molar-refractivity contribution in [2.24, 2.45) is 0 Å². The van der Waals surface area contributed by atoms with Gasteiger partial charge in [0, 0.05) is 51.7 Å². The smallest absolute Gasteiger partial charge is 0.0620 e. The number of nitrogens with zero attached hydrogens (tertiary/aromatic N) is 1. The Morgan fingerprint density at radius 2 is 1.58 bits per heavy atom. The van der Waals surface area contributed by atoms with E-state index < -0.39 is 0 Å². The maximum atomic E-state index is 2.57. The number of hydrogen-bond acceptors (Lipinski definition) is 2. The molecule has 0 saturated carbocycles. The zero-order chi connectivity index (χ0) is 21.3. The van der Waals surface area contributed by atoms with Crippen LogP contribution in [0.3, 0.4) is 0 Å². The average molecular weight is 456 g/mol. The molecule has 1 atom stereocenters. The molecule has 9 rings (SSSR count). The Bertz CT molecular complexity index is 2090. The van der Waals surface area contributed by atoms with Crippen LogP contribution in [0.5, 0.6) is 0 Å². The van der Waals surface area contributed by atoms with Gasteiger partial charge in [-0.05, 0) is 41.8 Å². The lowest BCUT2D eigenvalue weighted by molar-refractivity contribution is 1.08. The van der Waals surface area contributed by atoms with E-state index in [9.17, 15) is 0 Å². The minimum atomic E-state index is 0.528. The number of fused-ring (bicyclic) bond motifs is 13. The van der Waals surface area contributed by atoms with Crippen LogP contribution in [0.1, 0.15) is 12.0 Å². The molecule has 154 valence electrons. The highest BCUT2D eigenvalue weighted by molar-refractivity contribution is 8.00. The first-order chi connectivity index (χ1) is 16.4. The molecule has 3 heteroatoms. The average Bonchev–Trinajstić information content (AvgIpc) is 3.58. The summed E-state index contributed by atoms with van der Waals surface area (Å²) in [5, 5.41) is 10.4. The lowest BCUT2D eigenvalue weighted by Crippen LogP contribution is -2.33. The topological polar surface area (TPSA) is 4.41 Å². The van der Waals surface area contributed by atoms with Gasteiger partial charge >= 0.3 is 0 Å². The molecule has 4 aromatic carbocycles. The van der Waals surface area contributed by atoms with Gasteiger partial charge in [-0.1, -0.05) is 60.7 Å². The number of benzene rings is 4. The third-order valence-electron chi connectivity index (χ3n) is 7.62. The van der Waals surface area contributed by atoms with E-state index in [1.807, 2.05) is 23.1 Å². The lowest BCUT2D eigenvalue weighted by atomic mass is 9.94. The number of rotatable bonds is 0. The van der Waals surface area contributed by atoms with E-state index in [-0.39, 0.29) is 0 Å². The van der Waals surface area contributed by atoms with Crippen molar-refractivity contribution in [3.63, 3.8) is 0 Å². The highest BCUT2D eigenvalue weighted by atomic mass is 32.2. The fraction of sp³-hybridized carbons (Fsp3) is 0.0667. The molecule has 0 N–H and O–H groups in total. The molecule has 4 heterocycles. The van der Waals surface area contributed by atoms with Gasteiger partial charge in [0.25, 0.3) is 0 Å². The molecule has 0 bridgehead atoms. The highest BCUT2D eigenvalue weighted by Crippen LogP contribution is 2.47. The number of aromatic nitrogens is 1. The third-order valence-corrected chi connectivity index (χ3v) is 10.1. The van der Waals surface area contributed by atoms with Crippen molar-refractivity contribution in [1.82, 2.24) is 4.40 Å². The number of para-hydroxylation sites is 1. The molecule has 33 heavy (non-hydrogen) atoms. The van der Waals surface area contributed by atoms with E-state index in [0.717, 1.165) is 6.42 Å². The van der Waals surface area contributed by atoms with Crippen LogP contribution >= 0.6 is 23.1 Å². The number of thiophene rings is 1. The predicted molar refractivity (Wildman–Crippen MR) is 143 cm³/mol. The second kappa shape index (κ2) is 5.80. The fourth-order valence-electron chi connectivity index (χ4n) is 6.41. The quantitative estimate of drug-likeness (QED) is 0.240. The molecule has 1 aliphatic heterocycles. The van der Waals surface area contributed by atoms with E-state index in [1.165, 1.54) is 68.4 Å². The molecule has 2 aliphatic rings. The molecule has 3 aromatic heterocycles. The van der Waals surface area contributed by atoms with Crippen LogP contribution in [0.4, 0.5) is 0 Å². The number of hydrogen-bond donors (Lipinski definition) is 0. The molecule has 0 saturated heterocycles. The minimum Gasteiger partial charge on any atom is -0.308 e. The summed E-state index contributed by atoms with van der Waals surface area (Å²) in [7, 11) is 0. The minimum absolute atomic E-state index is 0.528. The zero-order valence-electron chi connectivity index (χ0n) is 17.6. The summed E-state index contributed by atoms with van der Waals surface area (Å²) in [6.45, 7) is 0. The van der Waals surface area contributed by atoms with Crippen molar-refractivity contribution in [3.05, 3.63) is 95.0 Å². The van der Waals surface area contributed by atoms with Crippen LogP contribution in [0.25, 0.3) is 59.0 Å². The van der Waals surface area contributed by atoms with E-state index in [4.69, 9.17) is 0 Å². The second-order valence-corrected chi connectivity index (χ2v) is 11.5. The standard InChI is InChI=1S/C30H17NS2/c1-3-10-22-16(6-1)28-24(32-22)14-12-20-26(28)18-8-5-9-19-27-21(31(20)30(18)19)13-15-25-29(27)17-7-2-4-11-23(17)33-25/h1-14,25H,15H2. The zero-order valence-corrected chi connectivity index (χ0v) is 19.3. The second-order valence-electron chi connectivity index (χ2n) is 9.18. The molecule has 7 aromatic rings. The van der Waals surface area contributed by atoms with Crippen molar-refractivity contribution < 1.29 is 0 Å². The molecule has 1 unspecified atom stereocenters. The monoisotopic (exact) mass is 455 g/mol. The first-order valence-corrected chi connectivity index (χ1v) is 13.2. The Balaban J connectivity index is 1.58. The summed E-state index contributed by atoms with van der Waals surface area (Å²) in [5.41, 5.74) is 5.71. The van der Waals surface area contributed by atoms with Gasteiger partial charge in [-0.2, -0.15) is 0 Å². The highest BCUT2D eigenvalue weighted by Gasteiger charge is 2.31. The Hall–Kier alpha value is -3.27. The largest absolute Gasteiger partial charge is 0.308 e. The molecule has 1 aliphatic carbocycles. The van der Waals surface area contributed by atoms with Crippen LogP contribution in [-0.4, -0.2) is 9.65 Å². The first-order valence-electron chi connectivity index (χ1n) is 11.5. The maximum Gasteiger partial charge on any atom is 0.0620 e. The van der Waals surface area contributed by atoms with Gasteiger partial charge < -0.3 is 4.40 Å². The summed E-state index contributed by atoms with van der Waals surface area (Å²) < 4.78 is 5.32. The van der Waals surface area contributed by atoms with Crippen LogP contribution in [0.15, 0.2) is 83.8 Å². The molecule has 0 radical (unpaired) electrons. The normalized spacial score (nSPS) is 17.3. The predicted octanol–water partition coefficient (Wildman–Crippen LogP) is 6.91. The number of thioether (sulfide) groups is 1. The lowest BCUT2D eigenvalue weighted by Gasteiger charge is -2.13. The Kier molecular flexibility index (Phi) is 3.03. The molecule has 0 amide bonds. The van der Waals surface area contributed by atoms with Gasteiger partial charge in [0.15, 0.2) is 0 Å². The fourth-order valence-corrected chi connectivity index (χ4v) is 8.84. The summed E-state index contributed by atoms with van der Waals surface area (Å²) in [6, 6.07) is 29.5. The van der Waals surface area contributed by atoms with Crippen molar-refractivity contribution >= 4 is 82.1 Å². The van der Waals surface area contributed by atoms with Crippen molar-refractivity contribution in [3.8, 4) is 0 Å². The first kappa shape index (κ1) is 17.2. The van der Waals surface area contributed by atoms with Gasteiger partial charge in [-0.15, -0.1) is 23.1 Å². The van der Waals surface area contributed by atoms with Gasteiger partial charge in [-0.25, -0.2) is 0 Å². The molecular weight excluding hydrogens is 438 g/mol. The van der Waals surface area contributed by atoms with E-state index in [2.05, 4.69) is 89.3 Å². The SMILES string of the molecule is C1=c2c(c3cccc4c5c6c(ccc5n2c34)sc2ccccc26)=C2c3ccccc3SC2C1. The van der Waals surface area contributed by atoms with Gasteiger partial charge in [0.05, 0.1) is 16.4 Å². The maximum absolute atomic E-state index is 2.57. The van der Waals surface area contributed by atoms with Crippen molar-refractivity contribution in [1.29, 1.82) is 0 Å². The van der Waals surface area contributed by atoms with Gasteiger partial charge in [-0.3, -0.25) is 0 Å². The molecular formula is C30H17NS2. The Labute approximate surface area is 197 Å².